The smallest absolute Gasteiger partial charge is 0.184 e. The van der Waals surface area contributed by atoms with Crippen molar-refractivity contribution in [2.45, 2.75) is 45.1 Å². The second kappa shape index (κ2) is 6.06. The quantitative estimate of drug-likeness (QED) is 0.754. The molecule has 0 amide bonds. The summed E-state index contributed by atoms with van der Waals surface area (Å²) in [5.74, 6) is 0.208. The molecule has 0 heterocycles. The first-order valence-electron chi connectivity index (χ1n) is 7.20. The van der Waals surface area contributed by atoms with Crippen molar-refractivity contribution in [1.82, 2.24) is 4.90 Å². The fraction of sp³-hybridized carbons (Fsp3) is 0.562. The van der Waals surface area contributed by atoms with Crippen molar-refractivity contribution in [3.8, 4) is 0 Å². The number of rotatable bonds is 5. The molecule has 0 atom stereocenters. The molecule has 0 aliphatic heterocycles. The van der Waals surface area contributed by atoms with E-state index in [1.54, 1.807) is 6.07 Å². The fourth-order valence-electron chi connectivity index (χ4n) is 3.37. The van der Waals surface area contributed by atoms with Crippen molar-refractivity contribution < 1.29 is 4.79 Å². The maximum atomic E-state index is 13.0. The molecule has 0 bridgehead atoms. The van der Waals surface area contributed by atoms with Gasteiger partial charge in [0.15, 0.2) is 5.78 Å². The number of hydrogen-bond donors (Lipinski definition) is 0. The van der Waals surface area contributed by atoms with E-state index in [0.29, 0.717) is 10.6 Å². The lowest BCUT2D eigenvalue weighted by molar-refractivity contribution is 0.0584. The van der Waals surface area contributed by atoms with E-state index in [1.165, 1.54) is 0 Å². The van der Waals surface area contributed by atoms with Crippen LogP contribution in [0.15, 0.2) is 24.3 Å². The second-order valence-electron chi connectivity index (χ2n) is 5.22. The Hall–Kier alpha value is -0.860. The zero-order valence-corrected chi connectivity index (χ0v) is 12.5. The average molecular weight is 280 g/mol. The van der Waals surface area contributed by atoms with E-state index in [0.717, 1.165) is 38.8 Å². The summed E-state index contributed by atoms with van der Waals surface area (Å²) in [5, 5.41) is 0.575. The van der Waals surface area contributed by atoms with Crippen molar-refractivity contribution >= 4 is 17.4 Å². The number of halogens is 1. The van der Waals surface area contributed by atoms with Crippen molar-refractivity contribution in [2.24, 2.45) is 0 Å². The molecule has 0 radical (unpaired) electrons. The van der Waals surface area contributed by atoms with Gasteiger partial charge in [0.05, 0.1) is 10.6 Å². The van der Waals surface area contributed by atoms with Crippen LogP contribution in [0.2, 0.25) is 5.02 Å². The summed E-state index contributed by atoms with van der Waals surface area (Å²) in [6.07, 6.45) is 4.18. The lowest BCUT2D eigenvalue weighted by Gasteiger charge is -2.39. The van der Waals surface area contributed by atoms with Crippen molar-refractivity contribution in [2.75, 3.05) is 13.1 Å². The van der Waals surface area contributed by atoms with Crippen molar-refractivity contribution in [3.63, 3.8) is 0 Å². The van der Waals surface area contributed by atoms with Gasteiger partial charge in [-0.15, -0.1) is 0 Å². The van der Waals surface area contributed by atoms with E-state index in [4.69, 9.17) is 11.6 Å². The molecule has 1 aromatic carbocycles. The maximum absolute atomic E-state index is 13.0. The molecular formula is C16H22ClNO. The van der Waals surface area contributed by atoms with Gasteiger partial charge < -0.3 is 0 Å². The van der Waals surface area contributed by atoms with Crippen LogP contribution in [0.1, 0.15) is 49.9 Å². The third-order valence-electron chi connectivity index (χ3n) is 4.34. The summed E-state index contributed by atoms with van der Waals surface area (Å²) >= 11 is 6.21. The Morgan fingerprint density at radius 3 is 2.32 bits per heavy atom. The van der Waals surface area contributed by atoms with Gasteiger partial charge in [-0.25, -0.2) is 0 Å². The number of hydrogen-bond acceptors (Lipinski definition) is 2. The molecule has 0 unspecified atom stereocenters. The van der Waals surface area contributed by atoms with Crippen LogP contribution in [0.3, 0.4) is 0 Å². The predicted octanol–water partition coefficient (Wildman–Crippen LogP) is 4.18. The highest BCUT2D eigenvalue weighted by atomic mass is 35.5. The van der Waals surface area contributed by atoms with Gasteiger partial charge in [0, 0.05) is 5.56 Å². The van der Waals surface area contributed by atoms with Crippen LogP contribution in [-0.2, 0) is 0 Å². The highest BCUT2D eigenvalue weighted by Crippen LogP contribution is 2.39. The molecule has 1 aliphatic rings. The van der Waals surface area contributed by atoms with Crippen LogP contribution in [-0.4, -0.2) is 29.3 Å². The zero-order chi connectivity index (χ0) is 13.9. The molecule has 0 aromatic heterocycles. The molecule has 104 valence electrons. The summed E-state index contributed by atoms with van der Waals surface area (Å²) in [5.41, 5.74) is 0.354. The molecule has 0 N–H and O–H groups in total. The Balaban J connectivity index is 2.40. The van der Waals surface area contributed by atoms with Gasteiger partial charge in [-0.3, -0.25) is 9.69 Å². The first-order chi connectivity index (χ1) is 9.15. The zero-order valence-electron chi connectivity index (χ0n) is 11.8. The first-order valence-corrected chi connectivity index (χ1v) is 7.58. The Morgan fingerprint density at radius 1 is 1.21 bits per heavy atom. The second-order valence-corrected chi connectivity index (χ2v) is 5.63. The Labute approximate surface area is 120 Å². The molecule has 19 heavy (non-hydrogen) atoms. The largest absolute Gasteiger partial charge is 0.292 e. The van der Waals surface area contributed by atoms with Crippen LogP contribution in [0.4, 0.5) is 0 Å². The van der Waals surface area contributed by atoms with Crippen LogP contribution < -0.4 is 0 Å². The van der Waals surface area contributed by atoms with Crippen molar-refractivity contribution in [1.29, 1.82) is 0 Å². The lowest BCUT2D eigenvalue weighted by Crippen LogP contribution is -2.52. The molecular weight excluding hydrogens is 258 g/mol. The predicted molar refractivity (Wildman–Crippen MR) is 79.9 cm³/mol. The molecule has 0 saturated heterocycles. The normalized spacial score (nSPS) is 17.9. The summed E-state index contributed by atoms with van der Waals surface area (Å²) < 4.78 is 0. The molecule has 2 rings (SSSR count). The monoisotopic (exact) mass is 279 g/mol. The van der Waals surface area contributed by atoms with Crippen LogP contribution >= 0.6 is 11.6 Å². The number of likely N-dealkylation sites (N-methyl/N-ethyl adjacent to an activating group) is 1. The van der Waals surface area contributed by atoms with Crippen LogP contribution in [0, 0.1) is 0 Å². The van der Waals surface area contributed by atoms with Gasteiger partial charge in [0.25, 0.3) is 0 Å². The van der Waals surface area contributed by atoms with Crippen LogP contribution in [0.25, 0.3) is 0 Å². The summed E-state index contributed by atoms with van der Waals surface area (Å²) in [6.45, 7) is 6.08. The minimum absolute atomic E-state index is 0.208. The number of ketones is 1. The minimum atomic E-state index is -0.325. The molecule has 1 saturated carbocycles. The number of nitrogens with zero attached hydrogens (tertiary/aromatic N) is 1. The summed E-state index contributed by atoms with van der Waals surface area (Å²) in [7, 11) is 0. The maximum Gasteiger partial charge on any atom is 0.184 e. The molecule has 1 fully saturated rings. The summed E-state index contributed by atoms with van der Waals surface area (Å²) in [6, 6.07) is 7.43. The Morgan fingerprint density at radius 2 is 1.79 bits per heavy atom. The third kappa shape index (κ3) is 2.56. The van der Waals surface area contributed by atoms with Gasteiger partial charge in [-0.05, 0) is 38.1 Å². The third-order valence-corrected chi connectivity index (χ3v) is 4.67. The molecule has 0 spiro atoms. The Kier molecular flexibility index (Phi) is 4.64. The van der Waals surface area contributed by atoms with E-state index < -0.39 is 0 Å². The van der Waals surface area contributed by atoms with Crippen molar-refractivity contribution in [3.05, 3.63) is 34.9 Å². The van der Waals surface area contributed by atoms with Gasteiger partial charge >= 0.3 is 0 Å². The van der Waals surface area contributed by atoms with E-state index >= 15 is 0 Å². The van der Waals surface area contributed by atoms with Gasteiger partial charge in [-0.1, -0.05) is 50.4 Å². The Bertz CT molecular complexity index is 448. The SMILES string of the molecule is CCN(CC)C1(C(=O)c2ccccc2Cl)CCCC1. The standard InChI is InChI=1S/C16H22ClNO/c1-3-18(4-2)16(11-7-8-12-16)15(19)13-9-5-6-10-14(13)17/h5-6,9-10H,3-4,7-8,11-12H2,1-2H3. The number of carbonyl (C=O) groups excluding carboxylic acids is 1. The number of benzene rings is 1. The first kappa shape index (κ1) is 14.5. The summed E-state index contributed by atoms with van der Waals surface area (Å²) in [4.78, 5) is 15.3. The highest BCUT2D eigenvalue weighted by molar-refractivity contribution is 6.34. The molecule has 1 aromatic rings. The average Bonchev–Trinajstić information content (AvgIpc) is 2.90. The van der Waals surface area contributed by atoms with Gasteiger partial charge in [-0.2, -0.15) is 0 Å². The fourth-order valence-corrected chi connectivity index (χ4v) is 3.59. The number of Topliss-reactive ketones (excluding diaryl/α,β-unsaturated/α-hetero) is 1. The van der Waals surface area contributed by atoms with E-state index in [1.807, 2.05) is 18.2 Å². The van der Waals surface area contributed by atoms with E-state index in [-0.39, 0.29) is 11.3 Å². The lowest BCUT2D eigenvalue weighted by atomic mass is 9.85. The molecule has 2 nitrogen and oxygen atoms in total. The van der Waals surface area contributed by atoms with E-state index in [2.05, 4.69) is 18.7 Å². The highest BCUT2D eigenvalue weighted by Gasteiger charge is 2.45. The van der Waals surface area contributed by atoms with Gasteiger partial charge in [0.2, 0.25) is 0 Å². The molecule has 3 heteroatoms. The minimum Gasteiger partial charge on any atom is -0.292 e. The molecule has 1 aliphatic carbocycles. The topological polar surface area (TPSA) is 20.3 Å². The van der Waals surface area contributed by atoms with Gasteiger partial charge in [0.1, 0.15) is 0 Å². The number of carbonyl (C=O) groups is 1. The van der Waals surface area contributed by atoms with E-state index in [9.17, 15) is 4.79 Å². The van der Waals surface area contributed by atoms with Crippen LogP contribution in [0.5, 0.6) is 0 Å².